The predicted octanol–water partition coefficient (Wildman–Crippen LogP) is 2.45. The van der Waals surface area contributed by atoms with Crippen LogP contribution in [-0.4, -0.2) is 37.7 Å². The first kappa shape index (κ1) is 18.7. The van der Waals surface area contributed by atoms with Crippen molar-refractivity contribution in [3.05, 3.63) is 12.2 Å². The minimum absolute atomic E-state index is 0.206. The van der Waals surface area contributed by atoms with Gasteiger partial charge in [-0.2, -0.15) is 0 Å². The zero-order valence-corrected chi connectivity index (χ0v) is 14.2. The van der Waals surface area contributed by atoms with Crippen molar-refractivity contribution in [1.82, 2.24) is 5.32 Å². The number of nitrogens with one attached hydrogen (secondary N) is 1. The summed E-state index contributed by atoms with van der Waals surface area (Å²) in [6.07, 6.45) is 7.84. The van der Waals surface area contributed by atoms with Crippen LogP contribution in [0.3, 0.4) is 0 Å². The number of hydrogen-bond donors (Lipinski definition) is 1. The molecule has 1 fully saturated rings. The van der Waals surface area contributed by atoms with E-state index in [4.69, 9.17) is 4.74 Å². The fraction of sp³-hybridized carbons (Fsp3) is 0.765. The fourth-order valence-corrected chi connectivity index (χ4v) is 2.62. The van der Waals surface area contributed by atoms with E-state index in [0.29, 0.717) is 11.8 Å². The van der Waals surface area contributed by atoms with Gasteiger partial charge in [0.15, 0.2) is 0 Å². The summed E-state index contributed by atoms with van der Waals surface area (Å²) in [6.45, 7) is 6.71. The Morgan fingerprint density at radius 3 is 2.36 bits per heavy atom. The van der Waals surface area contributed by atoms with Crippen molar-refractivity contribution < 1.29 is 19.1 Å². The second kappa shape index (κ2) is 8.93. The minimum atomic E-state index is -0.428. The molecule has 5 heteroatoms. The summed E-state index contributed by atoms with van der Waals surface area (Å²) in [6, 6.07) is 0. The molecule has 1 N–H and O–H groups in total. The van der Waals surface area contributed by atoms with Gasteiger partial charge in [0, 0.05) is 6.08 Å². The third-order valence-corrected chi connectivity index (χ3v) is 3.72. The monoisotopic (exact) mass is 311 g/mol. The summed E-state index contributed by atoms with van der Waals surface area (Å²) in [5.41, 5.74) is -0.428. The molecular formula is C17H29NO4. The van der Waals surface area contributed by atoms with Gasteiger partial charge in [0.05, 0.1) is 13.7 Å². The van der Waals surface area contributed by atoms with Crippen LogP contribution in [0.1, 0.15) is 46.5 Å². The Morgan fingerprint density at radius 2 is 1.82 bits per heavy atom. The van der Waals surface area contributed by atoms with Crippen LogP contribution >= 0.6 is 0 Å². The summed E-state index contributed by atoms with van der Waals surface area (Å²) < 4.78 is 9.85. The van der Waals surface area contributed by atoms with Gasteiger partial charge in [0.25, 0.3) is 0 Å². The van der Waals surface area contributed by atoms with E-state index in [1.54, 1.807) is 0 Å². The van der Waals surface area contributed by atoms with Crippen molar-refractivity contribution in [2.24, 2.45) is 11.8 Å². The Bertz CT molecular complexity index is 390. The van der Waals surface area contributed by atoms with Gasteiger partial charge < -0.3 is 14.8 Å². The molecule has 0 bridgehead atoms. The van der Waals surface area contributed by atoms with Gasteiger partial charge in [-0.15, -0.1) is 0 Å². The highest BCUT2D eigenvalue weighted by molar-refractivity contribution is 5.81. The Hall–Kier alpha value is -1.36. The van der Waals surface area contributed by atoms with Crippen LogP contribution in [-0.2, 0) is 19.1 Å². The smallest absolute Gasteiger partial charge is 0.330 e. The van der Waals surface area contributed by atoms with Crippen LogP contribution in [0.5, 0.6) is 0 Å². The highest BCUT2D eigenvalue weighted by Crippen LogP contribution is 2.29. The minimum Gasteiger partial charge on any atom is -0.466 e. The van der Waals surface area contributed by atoms with Crippen LogP contribution in [0.4, 0.5) is 0 Å². The first-order valence-corrected chi connectivity index (χ1v) is 7.99. The van der Waals surface area contributed by atoms with E-state index < -0.39 is 5.60 Å². The number of allylic oxidation sites excluding steroid dienone is 1. The highest BCUT2D eigenvalue weighted by atomic mass is 16.6. The second-order valence-electron chi connectivity index (χ2n) is 6.88. The maximum Gasteiger partial charge on any atom is 0.330 e. The molecule has 1 aliphatic carbocycles. The number of esters is 2. The molecule has 0 unspecified atom stereocenters. The van der Waals surface area contributed by atoms with Gasteiger partial charge >= 0.3 is 11.9 Å². The molecule has 22 heavy (non-hydrogen) atoms. The Balaban J connectivity index is 2.17. The second-order valence-corrected chi connectivity index (χ2v) is 6.88. The quantitative estimate of drug-likeness (QED) is 0.603. The van der Waals surface area contributed by atoms with Crippen LogP contribution < -0.4 is 5.32 Å². The number of carbonyl (C=O) groups excluding carboxylic acids is 2. The molecule has 0 saturated heterocycles. The zero-order valence-electron chi connectivity index (χ0n) is 14.2. The van der Waals surface area contributed by atoms with Crippen LogP contribution in [0, 0.1) is 11.8 Å². The van der Waals surface area contributed by atoms with Crippen LogP contribution in [0.15, 0.2) is 12.2 Å². The lowest BCUT2D eigenvalue weighted by molar-refractivity contribution is -0.153. The summed E-state index contributed by atoms with van der Waals surface area (Å²) in [5.74, 6) is 0.551. The third-order valence-electron chi connectivity index (χ3n) is 3.72. The van der Waals surface area contributed by atoms with E-state index in [9.17, 15) is 9.59 Å². The van der Waals surface area contributed by atoms with Crippen molar-refractivity contribution in [1.29, 1.82) is 0 Å². The van der Waals surface area contributed by atoms with Gasteiger partial charge in [0.2, 0.25) is 0 Å². The number of carbonyl (C=O) groups is 2. The van der Waals surface area contributed by atoms with Crippen LogP contribution in [0.2, 0.25) is 0 Å². The molecule has 1 rings (SSSR count). The maximum absolute atomic E-state index is 11.6. The lowest BCUT2D eigenvalue weighted by Crippen LogP contribution is -2.34. The first-order chi connectivity index (χ1) is 10.3. The van der Waals surface area contributed by atoms with Crippen LogP contribution in [0.25, 0.3) is 0 Å². The summed E-state index contributed by atoms with van der Waals surface area (Å²) in [7, 11) is 1.39. The lowest BCUT2D eigenvalue weighted by atomic mass is 9.82. The molecule has 0 aliphatic heterocycles. The third kappa shape index (κ3) is 8.17. The number of hydrogen-bond acceptors (Lipinski definition) is 5. The van der Waals surface area contributed by atoms with E-state index >= 15 is 0 Å². The molecule has 0 heterocycles. The standard InChI is InChI=1S/C17H29NO4/c1-17(2,3)22-16(20)12-18-11-14-7-5-13(6-8-14)9-10-15(19)21-4/h9-10,13-14,18H,5-8,11-12H2,1-4H3/b10-9+. The summed E-state index contributed by atoms with van der Waals surface area (Å²) in [5, 5.41) is 3.18. The Morgan fingerprint density at radius 1 is 1.18 bits per heavy atom. The topological polar surface area (TPSA) is 64.6 Å². The fourth-order valence-electron chi connectivity index (χ4n) is 2.62. The van der Waals surface area contributed by atoms with Gasteiger partial charge in [-0.1, -0.05) is 6.08 Å². The normalized spacial score (nSPS) is 22.5. The molecular weight excluding hydrogens is 282 g/mol. The SMILES string of the molecule is COC(=O)/C=C/C1CCC(CNCC(=O)OC(C)(C)C)CC1. The number of methoxy groups -OCH3 is 1. The molecule has 0 atom stereocenters. The maximum atomic E-state index is 11.6. The largest absolute Gasteiger partial charge is 0.466 e. The van der Waals surface area contributed by atoms with Gasteiger partial charge in [-0.3, -0.25) is 4.79 Å². The lowest BCUT2D eigenvalue weighted by Gasteiger charge is -2.27. The molecule has 1 saturated carbocycles. The van der Waals surface area contributed by atoms with Crippen molar-refractivity contribution in [2.45, 2.75) is 52.1 Å². The van der Waals surface area contributed by atoms with E-state index in [-0.39, 0.29) is 18.5 Å². The van der Waals surface area contributed by atoms with Crippen molar-refractivity contribution in [3.8, 4) is 0 Å². The number of ether oxygens (including phenoxy) is 2. The molecule has 0 amide bonds. The van der Waals surface area contributed by atoms with E-state index in [1.807, 2.05) is 26.8 Å². The average Bonchev–Trinajstić information content (AvgIpc) is 2.44. The van der Waals surface area contributed by atoms with Gasteiger partial charge in [-0.25, -0.2) is 4.79 Å². The van der Waals surface area contributed by atoms with E-state index in [1.165, 1.54) is 13.2 Å². The molecule has 0 aromatic rings. The van der Waals surface area contributed by atoms with Gasteiger partial charge in [-0.05, 0) is 64.8 Å². The molecule has 0 aromatic carbocycles. The van der Waals surface area contributed by atoms with Crippen molar-refractivity contribution in [2.75, 3.05) is 20.2 Å². The Labute approximate surface area is 133 Å². The predicted molar refractivity (Wildman–Crippen MR) is 85.3 cm³/mol. The van der Waals surface area contributed by atoms with E-state index in [0.717, 1.165) is 32.2 Å². The van der Waals surface area contributed by atoms with Crippen molar-refractivity contribution in [3.63, 3.8) is 0 Å². The summed E-state index contributed by atoms with van der Waals surface area (Å²) in [4.78, 5) is 22.7. The molecule has 5 nitrogen and oxygen atoms in total. The van der Waals surface area contributed by atoms with Gasteiger partial charge in [0.1, 0.15) is 5.60 Å². The average molecular weight is 311 g/mol. The molecule has 0 radical (unpaired) electrons. The molecule has 126 valence electrons. The highest BCUT2D eigenvalue weighted by Gasteiger charge is 2.20. The molecule has 0 spiro atoms. The number of rotatable bonds is 6. The Kier molecular flexibility index (Phi) is 7.59. The molecule has 0 aromatic heterocycles. The summed E-state index contributed by atoms with van der Waals surface area (Å²) >= 11 is 0. The van der Waals surface area contributed by atoms with E-state index in [2.05, 4.69) is 10.1 Å². The zero-order chi connectivity index (χ0) is 16.6. The van der Waals surface area contributed by atoms with Crippen molar-refractivity contribution >= 4 is 11.9 Å². The molecule has 1 aliphatic rings. The first-order valence-electron chi connectivity index (χ1n) is 7.99.